The van der Waals surface area contributed by atoms with E-state index >= 15 is 0 Å². The van der Waals surface area contributed by atoms with Gasteiger partial charge in [-0.3, -0.25) is 4.79 Å². The van der Waals surface area contributed by atoms with Crippen LogP contribution in [0.5, 0.6) is 0 Å². The third-order valence-electron chi connectivity index (χ3n) is 2.63. The first kappa shape index (κ1) is 10.6. The van der Waals surface area contributed by atoms with Crippen LogP contribution in [0.25, 0.3) is 0 Å². The minimum Gasteiger partial charge on any atom is -0.480 e. The zero-order valence-corrected chi connectivity index (χ0v) is 9.70. The van der Waals surface area contributed by atoms with Crippen molar-refractivity contribution in [2.75, 3.05) is 0 Å². The molecule has 0 amide bonds. The Bertz CT molecular complexity index is 402. The molecule has 0 aromatic carbocycles. The molecular formula is C9H12BrN3O2. The molecule has 82 valence electrons. The van der Waals surface area contributed by atoms with Crippen LogP contribution in [0.4, 0.5) is 0 Å². The Hall–Kier alpha value is -0.880. The summed E-state index contributed by atoms with van der Waals surface area (Å²) >= 11 is 3.27. The second kappa shape index (κ2) is 3.94. The number of hydrogen-bond acceptors (Lipinski definition) is 3. The number of carboxylic acids is 1. The fourth-order valence-corrected chi connectivity index (χ4v) is 2.55. The van der Waals surface area contributed by atoms with Crippen LogP contribution in [-0.2, 0) is 17.8 Å². The molecule has 1 unspecified atom stereocenters. The zero-order chi connectivity index (χ0) is 11.0. The summed E-state index contributed by atoms with van der Waals surface area (Å²) < 4.78 is 2.49. The normalized spacial score (nSPS) is 17.2. The number of rotatable bonds is 2. The quantitative estimate of drug-likeness (QED) is 0.845. The molecule has 0 bridgehead atoms. The maximum Gasteiger partial charge on any atom is 0.326 e. The molecule has 1 aromatic heterocycles. The minimum atomic E-state index is -1.02. The standard InChI is InChI=1S/C9H12BrN3O2/c10-8-7(6(11)9(14)15)13-4-2-1-3-5(13)12-8/h6H,1-4,11H2,(H,14,15). The van der Waals surface area contributed by atoms with Gasteiger partial charge in [-0.1, -0.05) is 0 Å². The van der Waals surface area contributed by atoms with Gasteiger partial charge in [0.25, 0.3) is 0 Å². The lowest BCUT2D eigenvalue weighted by Crippen LogP contribution is -2.25. The first-order valence-corrected chi connectivity index (χ1v) is 5.63. The number of carbonyl (C=O) groups is 1. The van der Waals surface area contributed by atoms with E-state index in [2.05, 4.69) is 20.9 Å². The highest BCUT2D eigenvalue weighted by molar-refractivity contribution is 9.10. The third kappa shape index (κ3) is 1.79. The Morgan fingerprint density at radius 2 is 2.33 bits per heavy atom. The van der Waals surface area contributed by atoms with Crippen molar-refractivity contribution in [3.8, 4) is 0 Å². The molecule has 0 spiro atoms. The highest BCUT2D eigenvalue weighted by Gasteiger charge is 2.26. The predicted octanol–water partition coefficient (Wildman–Crippen LogP) is 1.07. The Morgan fingerprint density at radius 1 is 1.60 bits per heavy atom. The van der Waals surface area contributed by atoms with E-state index < -0.39 is 12.0 Å². The summed E-state index contributed by atoms with van der Waals surface area (Å²) in [6, 6.07) is -1.00. The molecule has 0 aliphatic carbocycles. The van der Waals surface area contributed by atoms with E-state index in [1.165, 1.54) is 0 Å². The van der Waals surface area contributed by atoms with E-state index in [1.807, 2.05) is 4.57 Å². The smallest absolute Gasteiger partial charge is 0.326 e. The van der Waals surface area contributed by atoms with Crippen molar-refractivity contribution in [1.29, 1.82) is 0 Å². The van der Waals surface area contributed by atoms with E-state index in [4.69, 9.17) is 10.8 Å². The summed E-state index contributed by atoms with van der Waals surface area (Å²) in [5.74, 6) is -0.0937. The van der Waals surface area contributed by atoms with Gasteiger partial charge in [0.05, 0.1) is 5.69 Å². The molecule has 15 heavy (non-hydrogen) atoms. The summed E-state index contributed by atoms with van der Waals surface area (Å²) in [5, 5.41) is 8.89. The summed E-state index contributed by atoms with van der Waals surface area (Å²) in [6.45, 7) is 0.810. The number of halogens is 1. The van der Waals surface area contributed by atoms with Gasteiger partial charge in [-0.25, -0.2) is 4.98 Å². The molecule has 3 N–H and O–H groups in total. The molecule has 0 fully saturated rings. The van der Waals surface area contributed by atoms with Gasteiger partial charge in [-0.05, 0) is 28.8 Å². The van der Waals surface area contributed by atoms with E-state index in [-0.39, 0.29) is 0 Å². The average molecular weight is 274 g/mol. The molecule has 1 atom stereocenters. The highest BCUT2D eigenvalue weighted by Crippen LogP contribution is 2.27. The molecule has 2 rings (SSSR count). The number of aromatic nitrogens is 2. The topological polar surface area (TPSA) is 81.1 Å². The van der Waals surface area contributed by atoms with E-state index in [0.29, 0.717) is 10.3 Å². The molecule has 2 heterocycles. The van der Waals surface area contributed by atoms with Crippen molar-refractivity contribution in [2.24, 2.45) is 5.73 Å². The van der Waals surface area contributed by atoms with Gasteiger partial charge < -0.3 is 15.4 Å². The Kier molecular flexibility index (Phi) is 2.79. The molecule has 1 aromatic rings. The van der Waals surface area contributed by atoms with Gasteiger partial charge >= 0.3 is 5.97 Å². The van der Waals surface area contributed by atoms with Crippen LogP contribution in [0.3, 0.4) is 0 Å². The second-order valence-corrected chi connectivity index (χ2v) is 4.38. The van der Waals surface area contributed by atoms with Crippen molar-refractivity contribution < 1.29 is 9.90 Å². The van der Waals surface area contributed by atoms with E-state index in [0.717, 1.165) is 31.6 Å². The lowest BCUT2D eigenvalue weighted by Gasteiger charge is -2.17. The summed E-state index contributed by atoms with van der Waals surface area (Å²) in [7, 11) is 0. The molecule has 0 saturated heterocycles. The molecule has 0 radical (unpaired) electrons. The molecule has 5 nitrogen and oxygen atoms in total. The van der Waals surface area contributed by atoms with Crippen LogP contribution in [0, 0.1) is 0 Å². The number of imidazole rings is 1. The first-order chi connectivity index (χ1) is 7.11. The van der Waals surface area contributed by atoms with Crippen LogP contribution in [0.2, 0.25) is 0 Å². The van der Waals surface area contributed by atoms with Gasteiger partial charge in [0.2, 0.25) is 0 Å². The SMILES string of the molecule is NC(C(=O)O)c1c(Br)nc2n1CCCC2. The third-order valence-corrected chi connectivity index (χ3v) is 3.22. The van der Waals surface area contributed by atoms with E-state index in [9.17, 15) is 4.79 Å². The van der Waals surface area contributed by atoms with Gasteiger partial charge in [-0.2, -0.15) is 0 Å². The van der Waals surface area contributed by atoms with Crippen molar-refractivity contribution in [2.45, 2.75) is 31.8 Å². The monoisotopic (exact) mass is 273 g/mol. The largest absolute Gasteiger partial charge is 0.480 e. The van der Waals surface area contributed by atoms with Crippen molar-refractivity contribution in [1.82, 2.24) is 9.55 Å². The lowest BCUT2D eigenvalue weighted by atomic mass is 10.1. The zero-order valence-electron chi connectivity index (χ0n) is 8.11. The second-order valence-electron chi connectivity index (χ2n) is 3.63. The molecule has 6 heteroatoms. The highest BCUT2D eigenvalue weighted by atomic mass is 79.9. The van der Waals surface area contributed by atoms with Crippen LogP contribution in [0.1, 0.15) is 30.4 Å². The number of nitrogens with zero attached hydrogens (tertiary/aromatic N) is 2. The van der Waals surface area contributed by atoms with Gasteiger partial charge in [0.15, 0.2) is 0 Å². The number of aryl methyl sites for hydroxylation is 1. The molecule has 0 saturated carbocycles. The van der Waals surface area contributed by atoms with Gasteiger partial charge in [0, 0.05) is 13.0 Å². The first-order valence-electron chi connectivity index (χ1n) is 4.84. The molecular weight excluding hydrogens is 262 g/mol. The van der Waals surface area contributed by atoms with Crippen LogP contribution in [0.15, 0.2) is 4.60 Å². The summed E-state index contributed by atoms with van der Waals surface area (Å²) in [6.07, 6.45) is 3.05. The maximum atomic E-state index is 10.8. The fraction of sp³-hybridized carbons (Fsp3) is 0.556. The van der Waals surface area contributed by atoms with Crippen LogP contribution in [-0.4, -0.2) is 20.6 Å². The number of nitrogens with two attached hydrogens (primary N) is 1. The summed E-state index contributed by atoms with van der Waals surface area (Å²) in [5.41, 5.74) is 6.20. The number of fused-ring (bicyclic) bond motifs is 1. The van der Waals surface area contributed by atoms with Crippen molar-refractivity contribution >= 4 is 21.9 Å². The number of hydrogen-bond donors (Lipinski definition) is 2. The average Bonchev–Trinajstić information content (AvgIpc) is 2.52. The Morgan fingerprint density at radius 3 is 3.00 bits per heavy atom. The number of carboxylic acid groups (broad SMARTS) is 1. The maximum absolute atomic E-state index is 10.8. The van der Waals surface area contributed by atoms with E-state index in [1.54, 1.807) is 0 Å². The van der Waals surface area contributed by atoms with Crippen LogP contribution < -0.4 is 5.73 Å². The van der Waals surface area contributed by atoms with Crippen molar-refractivity contribution in [3.05, 3.63) is 16.1 Å². The Labute approximate surface area is 95.4 Å². The fourth-order valence-electron chi connectivity index (χ4n) is 1.89. The molecule has 1 aliphatic rings. The van der Waals surface area contributed by atoms with Gasteiger partial charge in [-0.15, -0.1) is 0 Å². The van der Waals surface area contributed by atoms with Gasteiger partial charge in [0.1, 0.15) is 16.5 Å². The molecule has 1 aliphatic heterocycles. The Balaban J connectivity index is 2.46. The predicted molar refractivity (Wildman–Crippen MR) is 57.4 cm³/mol. The minimum absolute atomic E-state index is 0.564. The lowest BCUT2D eigenvalue weighted by molar-refractivity contribution is -0.138. The number of aliphatic carboxylic acids is 1. The van der Waals surface area contributed by atoms with Crippen LogP contribution >= 0.6 is 15.9 Å². The van der Waals surface area contributed by atoms with Crippen molar-refractivity contribution in [3.63, 3.8) is 0 Å². The summed E-state index contributed by atoms with van der Waals surface area (Å²) in [4.78, 5) is 15.1.